The molecule has 1 aromatic rings. The zero-order chi connectivity index (χ0) is 13.9. The van der Waals surface area contributed by atoms with Crippen LogP contribution in [0.1, 0.15) is 24.2 Å². The minimum atomic E-state index is -0.366. The number of anilines is 1. The summed E-state index contributed by atoms with van der Waals surface area (Å²) in [7, 11) is 0. The molecule has 1 aromatic carbocycles. The van der Waals surface area contributed by atoms with Gasteiger partial charge in [-0.25, -0.2) is 4.79 Å². The van der Waals surface area contributed by atoms with Crippen LogP contribution in [0.5, 0.6) is 0 Å². The third kappa shape index (κ3) is 3.92. The molecule has 0 saturated carbocycles. The van der Waals surface area contributed by atoms with Crippen molar-refractivity contribution in [2.45, 2.75) is 13.8 Å². The van der Waals surface area contributed by atoms with Crippen LogP contribution in [0.15, 0.2) is 6.07 Å². The van der Waals surface area contributed by atoms with Crippen LogP contribution in [-0.4, -0.2) is 18.5 Å². The summed E-state index contributed by atoms with van der Waals surface area (Å²) in [4.78, 5) is 23.1. The summed E-state index contributed by atoms with van der Waals surface area (Å²) >= 11 is 6.28. The minimum Gasteiger partial charge on any atom is -0.462 e. The van der Waals surface area contributed by atoms with E-state index in [-0.39, 0.29) is 11.9 Å². The Kier molecular flexibility index (Phi) is 6.58. The van der Waals surface area contributed by atoms with E-state index in [4.69, 9.17) is 4.74 Å². The van der Waals surface area contributed by atoms with Gasteiger partial charge in [-0.15, -0.1) is 0 Å². The average molecular weight is 585 g/mol. The molecule has 0 aliphatic heterocycles. The van der Waals surface area contributed by atoms with Gasteiger partial charge in [0.1, 0.15) is 0 Å². The molecule has 0 saturated heterocycles. The summed E-state index contributed by atoms with van der Waals surface area (Å²) in [6.45, 7) is 3.53. The van der Waals surface area contributed by atoms with Gasteiger partial charge in [0.2, 0.25) is 5.91 Å². The Bertz CT molecular complexity index is 503. The molecule has 0 aromatic heterocycles. The van der Waals surface area contributed by atoms with E-state index in [0.29, 0.717) is 21.4 Å². The average Bonchev–Trinajstić information content (AvgIpc) is 2.24. The molecule has 0 aliphatic carbocycles. The highest BCUT2D eigenvalue weighted by atomic mass is 127. The minimum absolute atomic E-state index is 0.165. The molecule has 0 heterocycles. The first-order valence-electron chi connectivity index (χ1n) is 5.00. The summed E-state index contributed by atoms with van der Waals surface area (Å²) in [5.74, 6) is -0.531. The van der Waals surface area contributed by atoms with Crippen LogP contribution in [-0.2, 0) is 9.53 Å². The number of carbonyl (C=O) groups excluding carboxylic acids is 2. The molecule has 7 heteroatoms. The number of ether oxygens (including phenoxy) is 1. The van der Waals surface area contributed by atoms with E-state index >= 15 is 0 Å². The van der Waals surface area contributed by atoms with Crippen LogP contribution in [0, 0.1) is 10.7 Å². The molecule has 18 heavy (non-hydrogen) atoms. The summed E-state index contributed by atoms with van der Waals surface area (Å²) in [6.07, 6.45) is 0. The Balaban J connectivity index is 3.34. The van der Waals surface area contributed by atoms with Crippen LogP contribution in [0.25, 0.3) is 0 Å². The largest absolute Gasteiger partial charge is 0.462 e. The second-order valence-corrected chi connectivity index (χ2v) is 6.71. The topological polar surface area (TPSA) is 55.4 Å². The molecule has 0 fully saturated rings. The van der Waals surface area contributed by atoms with Crippen LogP contribution >= 0.6 is 67.8 Å². The van der Waals surface area contributed by atoms with Gasteiger partial charge in [-0.2, -0.15) is 0 Å². The van der Waals surface area contributed by atoms with E-state index in [1.165, 1.54) is 6.92 Å². The molecule has 0 spiro atoms. The van der Waals surface area contributed by atoms with Crippen molar-refractivity contribution in [3.63, 3.8) is 0 Å². The second kappa shape index (κ2) is 7.22. The molecule has 98 valence electrons. The zero-order valence-corrected chi connectivity index (χ0v) is 16.1. The van der Waals surface area contributed by atoms with Crippen molar-refractivity contribution in [3.05, 3.63) is 22.3 Å². The molecular formula is C11H10I3NO3. The summed E-state index contributed by atoms with van der Waals surface area (Å²) in [5.41, 5.74) is 1.16. The van der Waals surface area contributed by atoms with Gasteiger partial charge < -0.3 is 10.1 Å². The fourth-order valence-corrected chi connectivity index (χ4v) is 5.35. The molecule has 0 bridgehead atoms. The first-order valence-corrected chi connectivity index (χ1v) is 8.24. The summed E-state index contributed by atoms with van der Waals surface area (Å²) in [5, 5.41) is 2.74. The molecule has 4 nitrogen and oxygen atoms in total. The highest BCUT2D eigenvalue weighted by Gasteiger charge is 2.21. The fraction of sp³-hybridized carbons (Fsp3) is 0.273. The predicted octanol–water partition coefficient (Wildman–Crippen LogP) is 3.64. The van der Waals surface area contributed by atoms with Gasteiger partial charge in [-0.05, 0) is 80.8 Å². The van der Waals surface area contributed by atoms with Crippen molar-refractivity contribution in [3.8, 4) is 0 Å². The number of carbonyl (C=O) groups is 2. The van der Waals surface area contributed by atoms with Crippen molar-refractivity contribution in [2.24, 2.45) is 0 Å². The Morgan fingerprint density at radius 2 is 1.89 bits per heavy atom. The molecular weight excluding hydrogens is 575 g/mol. The predicted molar refractivity (Wildman–Crippen MR) is 94.9 cm³/mol. The van der Waals surface area contributed by atoms with E-state index in [1.807, 2.05) is 6.07 Å². The van der Waals surface area contributed by atoms with Crippen LogP contribution in [0.2, 0.25) is 0 Å². The standard InChI is InChI=1S/C11H10I3NO3/c1-3-18-11(17)8-6(12)4-7(13)10(9(8)14)15-5(2)16/h4H,3H2,1-2H3,(H,15,16). The summed E-state index contributed by atoms with van der Waals surface area (Å²) in [6, 6.07) is 1.85. The maximum absolute atomic E-state index is 11.9. The lowest BCUT2D eigenvalue weighted by molar-refractivity contribution is -0.114. The smallest absolute Gasteiger partial charge is 0.340 e. The van der Waals surface area contributed by atoms with E-state index in [1.54, 1.807) is 6.92 Å². The van der Waals surface area contributed by atoms with E-state index in [2.05, 4.69) is 73.1 Å². The van der Waals surface area contributed by atoms with Gasteiger partial charge in [-0.1, -0.05) is 0 Å². The molecule has 1 rings (SSSR count). The summed E-state index contributed by atoms with van der Waals surface area (Å²) < 4.78 is 7.44. The lowest BCUT2D eigenvalue weighted by Gasteiger charge is -2.13. The number of hydrogen-bond acceptors (Lipinski definition) is 3. The van der Waals surface area contributed by atoms with Crippen molar-refractivity contribution in [1.29, 1.82) is 0 Å². The lowest BCUT2D eigenvalue weighted by atomic mass is 10.2. The lowest BCUT2D eigenvalue weighted by Crippen LogP contribution is -2.15. The Labute approximate surface area is 146 Å². The maximum atomic E-state index is 11.9. The number of nitrogens with one attached hydrogen (secondary N) is 1. The van der Waals surface area contributed by atoms with Crippen LogP contribution in [0.4, 0.5) is 5.69 Å². The van der Waals surface area contributed by atoms with Crippen LogP contribution in [0.3, 0.4) is 0 Å². The van der Waals surface area contributed by atoms with E-state index < -0.39 is 0 Å². The Hall–Kier alpha value is 0.350. The number of halogens is 3. The van der Waals surface area contributed by atoms with Gasteiger partial charge in [0.15, 0.2) is 0 Å². The third-order valence-corrected chi connectivity index (χ3v) is 4.73. The fourth-order valence-electron chi connectivity index (χ4n) is 1.27. The first kappa shape index (κ1) is 16.4. The molecule has 0 atom stereocenters. The van der Waals surface area contributed by atoms with Gasteiger partial charge >= 0.3 is 5.97 Å². The number of hydrogen-bond donors (Lipinski definition) is 1. The normalized spacial score (nSPS) is 10.1. The third-order valence-electron chi connectivity index (χ3n) is 1.95. The second-order valence-electron chi connectivity index (χ2n) is 3.31. The van der Waals surface area contributed by atoms with Gasteiger partial charge in [0, 0.05) is 14.1 Å². The van der Waals surface area contributed by atoms with Crippen molar-refractivity contribution >= 4 is 85.3 Å². The highest BCUT2D eigenvalue weighted by molar-refractivity contribution is 14.1. The molecule has 0 aliphatic rings. The molecule has 0 radical (unpaired) electrons. The number of benzene rings is 1. The van der Waals surface area contributed by atoms with Gasteiger partial charge in [0.05, 0.1) is 21.4 Å². The van der Waals surface area contributed by atoms with Crippen molar-refractivity contribution in [1.82, 2.24) is 0 Å². The molecule has 0 unspecified atom stereocenters. The van der Waals surface area contributed by atoms with Crippen molar-refractivity contribution < 1.29 is 14.3 Å². The SMILES string of the molecule is CCOC(=O)c1c(I)cc(I)c(NC(C)=O)c1I. The molecule has 1 N–H and O–H groups in total. The Morgan fingerprint density at radius 3 is 2.39 bits per heavy atom. The van der Waals surface area contributed by atoms with Gasteiger partial charge in [-0.3, -0.25) is 4.79 Å². The Morgan fingerprint density at radius 1 is 1.28 bits per heavy atom. The highest BCUT2D eigenvalue weighted by Crippen LogP contribution is 2.32. The number of rotatable bonds is 3. The van der Waals surface area contributed by atoms with Gasteiger partial charge in [0.25, 0.3) is 0 Å². The number of amides is 1. The monoisotopic (exact) mass is 585 g/mol. The molecule has 1 amide bonds. The maximum Gasteiger partial charge on any atom is 0.340 e. The quantitative estimate of drug-likeness (QED) is 0.436. The van der Waals surface area contributed by atoms with E-state index in [9.17, 15) is 9.59 Å². The van der Waals surface area contributed by atoms with Crippen LogP contribution < -0.4 is 5.32 Å². The van der Waals surface area contributed by atoms with E-state index in [0.717, 1.165) is 7.14 Å². The first-order chi connectivity index (χ1) is 8.38. The number of esters is 1. The zero-order valence-electron chi connectivity index (χ0n) is 9.64. The van der Waals surface area contributed by atoms with Crippen molar-refractivity contribution in [2.75, 3.05) is 11.9 Å².